The second-order valence-electron chi connectivity index (χ2n) is 8.61. The molecule has 0 radical (unpaired) electrons. The van der Waals surface area contributed by atoms with Crippen molar-refractivity contribution in [1.82, 2.24) is 4.90 Å². The van der Waals surface area contributed by atoms with E-state index in [0.29, 0.717) is 17.9 Å². The molecule has 6 nitrogen and oxygen atoms in total. The van der Waals surface area contributed by atoms with Gasteiger partial charge in [0.05, 0.1) is 24.3 Å². The Balaban J connectivity index is 1.43. The molecule has 1 aliphatic rings. The van der Waals surface area contributed by atoms with Crippen molar-refractivity contribution in [3.8, 4) is 0 Å². The van der Waals surface area contributed by atoms with Gasteiger partial charge in [0.2, 0.25) is 5.91 Å². The maximum absolute atomic E-state index is 13.1. The number of esters is 1. The molecule has 2 amide bonds. The Hall–Kier alpha value is -3.15. The normalized spacial score (nSPS) is 13.8. The minimum Gasteiger partial charge on any atom is -0.466 e. The van der Waals surface area contributed by atoms with Crippen molar-refractivity contribution in [2.75, 3.05) is 19.0 Å². The summed E-state index contributed by atoms with van der Waals surface area (Å²) in [6.45, 7) is 0.334. The van der Waals surface area contributed by atoms with Crippen LogP contribution in [0.25, 0.3) is 0 Å². The zero-order valence-electron chi connectivity index (χ0n) is 19.4. The average molecular weight is 451 g/mol. The molecule has 1 saturated carbocycles. The Morgan fingerprint density at radius 2 is 1.64 bits per heavy atom. The summed E-state index contributed by atoms with van der Waals surface area (Å²) < 4.78 is 5.25. The number of anilines is 1. The van der Waals surface area contributed by atoms with Gasteiger partial charge in [-0.05, 0) is 43.4 Å². The zero-order valence-corrected chi connectivity index (χ0v) is 19.4. The summed E-state index contributed by atoms with van der Waals surface area (Å²) in [7, 11) is 1.84. The third-order valence-electron chi connectivity index (χ3n) is 6.15. The molecule has 0 unspecified atom stereocenters. The van der Waals surface area contributed by atoms with Gasteiger partial charge >= 0.3 is 5.97 Å². The third kappa shape index (κ3) is 7.74. The molecule has 2 aromatic rings. The Morgan fingerprint density at radius 1 is 0.939 bits per heavy atom. The zero-order chi connectivity index (χ0) is 23.5. The van der Waals surface area contributed by atoms with Crippen LogP contribution in [0, 0.1) is 0 Å². The van der Waals surface area contributed by atoms with E-state index in [2.05, 4.69) is 5.32 Å². The molecule has 1 N–H and O–H groups in total. The number of amides is 2. The second-order valence-corrected chi connectivity index (χ2v) is 8.61. The van der Waals surface area contributed by atoms with Gasteiger partial charge in [-0.2, -0.15) is 0 Å². The van der Waals surface area contributed by atoms with Crippen LogP contribution in [0.4, 0.5) is 5.69 Å². The molecule has 0 bridgehead atoms. The van der Waals surface area contributed by atoms with Gasteiger partial charge in [0.15, 0.2) is 0 Å². The Kier molecular flexibility index (Phi) is 9.48. The fraction of sp³-hybridized carbons (Fsp3) is 0.444. The maximum Gasteiger partial charge on any atom is 0.306 e. The number of nitrogens with one attached hydrogen (secondary N) is 1. The molecule has 6 heteroatoms. The van der Waals surface area contributed by atoms with Crippen LogP contribution in [0.2, 0.25) is 0 Å². The molecule has 33 heavy (non-hydrogen) atoms. The summed E-state index contributed by atoms with van der Waals surface area (Å²) >= 11 is 0. The highest BCUT2D eigenvalue weighted by molar-refractivity contribution is 6.04. The van der Waals surface area contributed by atoms with E-state index in [1.54, 1.807) is 29.2 Å². The minimum atomic E-state index is -0.389. The van der Waals surface area contributed by atoms with Crippen LogP contribution in [0.5, 0.6) is 0 Å². The van der Waals surface area contributed by atoms with Crippen LogP contribution in [0.15, 0.2) is 54.6 Å². The number of aryl methyl sites for hydroxylation is 1. The van der Waals surface area contributed by atoms with E-state index in [0.717, 1.165) is 38.5 Å². The Bertz CT molecular complexity index is 923. The lowest BCUT2D eigenvalue weighted by Crippen LogP contribution is -2.38. The molecule has 0 spiro atoms. The number of carbonyl (C=O) groups is 3. The van der Waals surface area contributed by atoms with Gasteiger partial charge < -0.3 is 15.0 Å². The highest BCUT2D eigenvalue weighted by Crippen LogP contribution is 2.25. The van der Waals surface area contributed by atoms with E-state index in [4.69, 9.17) is 4.74 Å². The topological polar surface area (TPSA) is 75.7 Å². The molecule has 0 aliphatic heterocycles. The number of hydrogen-bond acceptors (Lipinski definition) is 4. The Morgan fingerprint density at radius 3 is 2.39 bits per heavy atom. The van der Waals surface area contributed by atoms with Gasteiger partial charge in [-0.1, -0.05) is 61.7 Å². The van der Waals surface area contributed by atoms with Crippen LogP contribution in [0.1, 0.15) is 67.3 Å². The van der Waals surface area contributed by atoms with E-state index in [-0.39, 0.29) is 36.7 Å². The molecule has 1 aliphatic carbocycles. The van der Waals surface area contributed by atoms with E-state index >= 15 is 0 Å². The van der Waals surface area contributed by atoms with Crippen LogP contribution < -0.4 is 5.32 Å². The van der Waals surface area contributed by atoms with E-state index in [9.17, 15) is 14.4 Å². The Labute approximate surface area is 196 Å². The van der Waals surface area contributed by atoms with Crippen molar-refractivity contribution in [2.45, 2.75) is 63.8 Å². The van der Waals surface area contributed by atoms with Crippen molar-refractivity contribution in [2.24, 2.45) is 0 Å². The first-order chi connectivity index (χ1) is 16.0. The van der Waals surface area contributed by atoms with Gasteiger partial charge in [0.1, 0.15) is 0 Å². The monoisotopic (exact) mass is 450 g/mol. The highest BCUT2D eigenvalue weighted by Gasteiger charge is 2.24. The number of hydrogen-bond donors (Lipinski definition) is 1. The second kappa shape index (κ2) is 12.8. The standard InChI is InChI=1S/C27H34N2O4/c1-29(22-14-6-3-7-15-22)27(32)23-16-8-9-17-24(23)28-25(30)18-19-26(31)33-20-10-13-21-11-4-2-5-12-21/h2,4-5,8-9,11-12,16-17,22H,3,6-7,10,13-15,18-20H2,1H3,(H,28,30). The number of carbonyl (C=O) groups excluding carboxylic acids is 3. The van der Waals surface area contributed by atoms with Gasteiger partial charge in [0, 0.05) is 19.5 Å². The molecule has 3 rings (SSSR count). The molecule has 2 aromatic carbocycles. The maximum atomic E-state index is 13.1. The molecule has 0 aromatic heterocycles. The number of ether oxygens (including phenoxy) is 1. The van der Waals surface area contributed by atoms with Crippen LogP contribution in [-0.2, 0) is 20.7 Å². The first-order valence-corrected chi connectivity index (χ1v) is 11.9. The molecular formula is C27H34N2O4. The lowest BCUT2D eigenvalue weighted by atomic mass is 9.94. The van der Waals surface area contributed by atoms with Crippen LogP contribution >= 0.6 is 0 Å². The highest BCUT2D eigenvalue weighted by atomic mass is 16.5. The van der Waals surface area contributed by atoms with E-state index in [1.165, 1.54) is 12.0 Å². The van der Waals surface area contributed by atoms with Crippen molar-refractivity contribution < 1.29 is 19.1 Å². The van der Waals surface area contributed by atoms with Crippen molar-refractivity contribution in [3.63, 3.8) is 0 Å². The third-order valence-corrected chi connectivity index (χ3v) is 6.15. The molecule has 0 heterocycles. The number of benzene rings is 2. The average Bonchev–Trinajstić information content (AvgIpc) is 2.86. The molecular weight excluding hydrogens is 416 g/mol. The lowest BCUT2D eigenvalue weighted by Gasteiger charge is -2.31. The predicted molar refractivity (Wildman–Crippen MR) is 129 cm³/mol. The van der Waals surface area contributed by atoms with E-state index in [1.807, 2.05) is 37.4 Å². The molecule has 1 fully saturated rings. The van der Waals surface area contributed by atoms with Gasteiger partial charge in [-0.15, -0.1) is 0 Å². The number of rotatable bonds is 10. The quantitative estimate of drug-likeness (QED) is 0.409. The van der Waals surface area contributed by atoms with Gasteiger partial charge in [0.25, 0.3) is 5.91 Å². The number of para-hydroxylation sites is 1. The molecule has 0 atom stereocenters. The summed E-state index contributed by atoms with van der Waals surface area (Å²) in [6, 6.07) is 17.3. The predicted octanol–water partition coefficient (Wildman–Crippen LogP) is 4.99. The smallest absolute Gasteiger partial charge is 0.306 e. The molecule has 0 saturated heterocycles. The first-order valence-electron chi connectivity index (χ1n) is 11.9. The van der Waals surface area contributed by atoms with E-state index < -0.39 is 0 Å². The van der Waals surface area contributed by atoms with Crippen LogP contribution in [0.3, 0.4) is 0 Å². The lowest BCUT2D eigenvalue weighted by molar-refractivity contribution is -0.144. The van der Waals surface area contributed by atoms with Crippen molar-refractivity contribution >= 4 is 23.5 Å². The summed E-state index contributed by atoms with van der Waals surface area (Å²) in [5.41, 5.74) is 2.16. The van der Waals surface area contributed by atoms with Gasteiger partial charge in [-0.25, -0.2) is 0 Å². The van der Waals surface area contributed by atoms with Crippen molar-refractivity contribution in [3.05, 3.63) is 65.7 Å². The fourth-order valence-corrected chi connectivity index (χ4v) is 4.21. The SMILES string of the molecule is CN(C(=O)c1ccccc1NC(=O)CCC(=O)OCCCc1ccccc1)C1CCCCC1. The largest absolute Gasteiger partial charge is 0.466 e. The van der Waals surface area contributed by atoms with Gasteiger partial charge in [-0.3, -0.25) is 14.4 Å². The summed E-state index contributed by atoms with van der Waals surface area (Å²) in [5, 5.41) is 2.80. The summed E-state index contributed by atoms with van der Waals surface area (Å²) in [6.07, 6.45) is 7.15. The molecule has 176 valence electrons. The summed E-state index contributed by atoms with van der Waals surface area (Å²) in [4.78, 5) is 39.3. The van der Waals surface area contributed by atoms with Crippen LogP contribution in [-0.4, -0.2) is 42.4 Å². The first kappa shape index (κ1) is 24.5. The summed E-state index contributed by atoms with van der Waals surface area (Å²) in [5.74, 6) is -0.785. The fourth-order valence-electron chi connectivity index (χ4n) is 4.21. The number of nitrogens with zero attached hydrogens (tertiary/aromatic N) is 1. The minimum absolute atomic E-state index is 0.00919. The van der Waals surface area contributed by atoms with Crippen molar-refractivity contribution in [1.29, 1.82) is 0 Å².